The van der Waals surface area contributed by atoms with E-state index in [1.807, 2.05) is 30.3 Å². The molecule has 1 N–H and O–H groups in total. The number of benzene rings is 2. The predicted molar refractivity (Wildman–Crippen MR) is 117 cm³/mol. The minimum atomic E-state index is -3.51. The SMILES string of the molecule is COc1ccc(N(CCCC(=O)NCC(C)c2ccccc2)S(C)(=O)=O)cc1Cl. The molecule has 0 bridgehead atoms. The number of methoxy groups -OCH3 is 1. The smallest absolute Gasteiger partial charge is 0.232 e. The van der Waals surface area contributed by atoms with Gasteiger partial charge in [0.25, 0.3) is 0 Å². The molecule has 0 radical (unpaired) electrons. The summed E-state index contributed by atoms with van der Waals surface area (Å²) in [6.45, 7) is 2.77. The van der Waals surface area contributed by atoms with Crippen LogP contribution in [0, 0.1) is 0 Å². The maximum atomic E-state index is 12.2. The molecule has 0 aliphatic heterocycles. The fourth-order valence-corrected chi connectivity index (χ4v) is 4.14. The van der Waals surface area contributed by atoms with Crippen LogP contribution in [0.4, 0.5) is 5.69 Å². The topological polar surface area (TPSA) is 75.7 Å². The van der Waals surface area contributed by atoms with Crippen molar-refractivity contribution in [1.82, 2.24) is 5.32 Å². The van der Waals surface area contributed by atoms with E-state index in [1.54, 1.807) is 18.2 Å². The molecule has 2 aromatic carbocycles. The van der Waals surface area contributed by atoms with Crippen molar-refractivity contribution in [3.05, 3.63) is 59.1 Å². The maximum Gasteiger partial charge on any atom is 0.232 e. The summed E-state index contributed by atoms with van der Waals surface area (Å²) in [4.78, 5) is 12.2. The molecule has 0 aliphatic rings. The molecule has 2 aromatic rings. The molecule has 0 spiro atoms. The quantitative estimate of drug-likeness (QED) is 0.611. The molecule has 29 heavy (non-hydrogen) atoms. The Balaban J connectivity index is 1.90. The molecule has 0 aromatic heterocycles. The summed E-state index contributed by atoms with van der Waals surface area (Å²) >= 11 is 6.12. The van der Waals surface area contributed by atoms with Crippen molar-refractivity contribution in [1.29, 1.82) is 0 Å². The number of nitrogens with one attached hydrogen (secondary N) is 1. The number of amides is 1. The standard InChI is InChI=1S/C21H27ClN2O4S/c1-16(17-8-5-4-6-9-17)15-23-21(25)10-7-13-24(29(3,26)27)18-11-12-20(28-2)19(22)14-18/h4-6,8-9,11-12,14,16H,7,10,13,15H2,1-3H3,(H,23,25). The van der Waals surface area contributed by atoms with Crippen LogP contribution in [0.3, 0.4) is 0 Å². The number of carbonyl (C=O) groups is 1. The number of rotatable bonds is 10. The molecule has 8 heteroatoms. The van der Waals surface area contributed by atoms with Crippen molar-refractivity contribution in [3.63, 3.8) is 0 Å². The molecule has 158 valence electrons. The van der Waals surface area contributed by atoms with Crippen LogP contribution in [0.1, 0.15) is 31.2 Å². The first-order chi connectivity index (χ1) is 13.7. The second kappa shape index (κ2) is 10.5. The number of hydrogen-bond acceptors (Lipinski definition) is 4. The molecular formula is C21H27ClN2O4S. The average Bonchev–Trinajstić information content (AvgIpc) is 2.69. The lowest BCUT2D eigenvalue weighted by molar-refractivity contribution is -0.121. The van der Waals surface area contributed by atoms with Gasteiger partial charge in [-0.2, -0.15) is 0 Å². The number of anilines is 1. The van der Waals surface area contributed by atoms with Crippen molar-refractivity contribution < 1.29 is 17.9 Å². The maximum absolute atomic E-state index is 12.2. The van der Waals surface area contributed by atoms with Crippen molar-refractivity contribution in [3.8, 4) is 5.75 Å². The van der Waals surface area contributed by atoms with E-state index in [9.17, 15) is 13.2 Å². The number of sulfonamides is 1. The minimum Gasteiger partial charge on any atom is -0.495 e. The van der Waals surface area contributed by atoms with E-state index >= 15 is 0 Å². The van der Waals surface area contributed by atoms with Crippen LogP contribution in [-0.2, 0) is 14.8 Å². The Morgan fingerprint density at radius 2 is 1.90 bits per heavy atom. The van der Waals surface area contributed by atoms with Gasteiger partial charge < -0.3 is 10.1 Å². The third-order valence-corrected chi connectivity index (χ3v) is 6.05. The van der Waals surface area contributed by atoms with Crippen molar-refractivity contribution >= 4 is 33.2 Å². The van der Waals surface area contributed by atoms with Gasteiger partial charge in [0.2, 0.25) is 15.9 Å². The van der Waals surface area contributed by atoms with Gasteiger partial charge in [0.1, 0.15) is 5.75 Å². The molecule has 6 nitrogen and oxygen atoms in total. The second-order valence-corrected chi connectivity index (χ2v) is 9.19. The van der Waals surface area contributed by atoms with Gasteiger partial charge in [-0.3, -0.25) is 9.10 Å². The van der Waals surface area contributed by atoms with Crippen LogP contribution < -0.4 is 14.4 Å². The highest BCUT2D eigenvalue weighted by molar-refractivity contribution is 7.92. The van der Waals surface area contributed by atoms with E-state index in [-0.39, 0.29) is 24.8 Å². The summed E-state index contributed by atoms with van der Waals surface area (Å²) in [5.41, 5.74) is 1.60. The zero-order valence-corrected chi connectivity index (χ0v) is 18.5. The summed E-state index contributed by atoms with van der Waals surface area (Å²) in [5, 5.41) is 3.24. The van der Waals surface area contributed by atoms with E-state index in [0.29, 0.717) is 29.4 Å². The van der Waals surface area contributed by atoms with Crippen molar-refractivity contribution in [2.45, 2.75) is 25.7 Å². The molecule has 1 unspecified atom stereocenters. The molecule has 1 amide bonds. The van der Waals surface area contributed by atoms with Crippen LogP contribution in [0.5, 0.6) is 5.75 Å². The highest BCUT2D eigenvalue weighted by atomic mass is 35.5. The van der Waals surface area contributed by atoms with Crippen molar-refractivity contribution in [2.75, 3.05) is 30.8 Å². The van der Waals surface area contributed by atoms with E-state index in [4.69, 9.17) is 16.3 Å². The summed E-state index contributed by atoms with van der Waals surface area (Å²) in [7, 11) is -2.02. The lowest BCUT2D eigenvalue weighted by Crippen LogP contribution is -2.32. The van der Waals surface area contributed by atoms with Gasteiger partial charge in [0.05, 0.1) is 24.1 Å². The minimum absolute atomic E-state index is 0.103. The Morgan fingerprint density at radius 1 is 1.21 bits per heavy atom. The van der Waals surface area contributed by atoms with Gasteiger partial charge in [-0.1, -0.05) is 48.9 Å². The normalized spacial score (nSPS) is 12.3. The van der Waals surface area contributed by atoms with Gasteiger partial charge >= 0.3 is 0 Å². The Labute approximate surface area is 177 Å². The highest BCUT2D eigenvalue weighted by Gasteiger charge is 2.19. The Kier molecular flexibility index (Phi) is 8.34. The van der Waals surface area contributed by atoms with Gasteiger partial charge in [0, 0.05) is 19.5 Å². The van der Waals surface area contributed by atoms with Crippen LogP contribution in [0.25, 0.3) is 0 Å². The van der Waals surface area contributed by atoms with E-state index in [2.05, 4.69) is 12.2 Å². The number of carbonyl (C=O) groups excluding carboxylic acids is 1. The first kappa shape index (κ1) is 23.0. The summed E-state index contributed by atoms with van der Waals surface area (Å²) in [5.74, 6) is 0.568. The largest absolute Gasteiger partial charge is 0.495 e. The van der Waals surface area contributed by atoms with Gasteiger partial charge in [-0.05, 0) is 36.1 Å². The third kappa shape index (κ3) is 6.94. The molecule has 0 saturated heterocycles. The molecule has 0 heterocycles. The molecule has 0 aliphatic carbocycles. The van der Waals surface area contributed by atoms with Gasteiger partial charge in [0.15, 0.2) is 0 Å². The molecule has 1 atom stereocenters. The summed E-state index contributed by atoms with van der Waals surface area (Å²) in [6, 6.07) is 14.8. The monoisotopic (exact) mass is 438 g/mol. The Bertz CT molecular complexity index is 920. The molecular weight excluding hydrogens is 412 g/mol. The van der Waals surface area contributed by atoms with E-state index in [1.165, 1.54) is 11.4 Å². The van der Waals surface area contributed by atoms with E-state index < -0.39 is 10.0 Å². The molecule has 0 saturated carbocycles. The van der Waals surface area contributed by atoms with E-state index in [0.717, 1.165) is 11.8 Å². The predicted octanol–water partition coefficient (Wildman–Crippen LogP) is 3.81. The number of hydrogen-bond donors (Lipinski definition) is 1. The summed E-state index contributed by atoms with van der Waals surface area (Å²) < 4.78 is 30.7. The fourth-order valence-electron chi connectivity index (χ4n) is 2.93. The Morgan fingerprint density at radius 3 is 2.48 bits per heavy atom. The fraction of sp³-hybridized carbons (Fsp3) is 0.381. The number of nitrogens with zero attached hydrogens (tertiary/aromatic N) is 1. The Hall–Kier alpha value is -2.25. The second-order valence-electron chi connectivity index (χ2n) is 6.87. The van der Waals surface area contributed by atoms with Gasteiger partial charge in [-0.15, -0.1) is 0 Å². The lowest BCUT2D eigenvalue weighted by atomic mass is 10.0. The third-order valence-electron chi connectivity index (χ3n) is 4.56. The van der Waals surface area contributed by atoms with Crippen LogP contribution in [-0.4, -0.2) is 40.8 Å². The first-order valence-electron chi connectivity index (χ1n) is 9.35. The number of ether oxygens (including phenoxy) is 1. The van der Waals surface area contributed by atoms with Crippen LogP contribution in [0.15, 0.2) is 48.5 Å². The first-order valence-corrected chi connectivity index (χ1v) is 11.6. The molecule has 0 fully saturated rings. The average molecular weight is 439 g/mol. The van der Waals surface area contributed by atoms with Crippen molar-refractivity contribution in [2.24, 2.45) is 0 Å². The van der Waals surface area contributed by atoms with Crippen LogP contribution in [0.2, 0.25) is 5.02 Å². The van der Waals surface area contributed by atoms with Gasteiger partial charge in [-0.25, -0.2) is 8.42 Å². The summed E-state index contributed by atoms with van der Waals surface area (Å²) in [6.07, 6.45) is 1.76. The number of halogens is 1. The zero-order valence-electron chi connectivity index (χ0n) is 16.9. The zero-order chi connectivity index (χ0) is 21.4. The highest BCUT2D eigenvalue weighted by Crippen LogP contribution is 2.30. The molecule has 2 rings (SSSR count). The van der Waals surface area contributed by atoms with Crippen LogP contribution >= 0.6 is 11.6 Å². The lowest BCUT2D eigenvalue weighted by Gasteiger charge is -2.23.